The van der Waals surface area contributed by atoms with Crippen LogP contribution in [-0.2, 0) is 13.2 Å². The van der Waals surface area contributed by atoms with Crippen LogP contribution in [0.2, 0.25) is 0 Å². The van der Waals surface area contributed by atoms with Gasteiger partial charge in [0.05, 0.1) is 25.1 Å². The predicted molar refractivity (Wildman–Crippen MR) is 94.5 cm³/mol. The maximum atomic E-state index is 9.41. The first-order valence-corrected chi connectivity index (χ1v) is 7.83. The number of aliphatic hydroxyl groups excluding tert-OH is 1. The van der Waals surface area contributed by atoms with Gasteiger partial charge in [0.2, 0.25) is 0 Å². The van der Waals surface area contributed by atoms with E-state index in [0.717, 1.165) is 28.2 Å². The molecular weight excluding hydrogens is 302 g/mol. The number of rotatable bonds is 6. The summed E-state index contributed by atoms with van der Waals surface area (Å²) in [6, 6.07) is 15.7. The number of para-hydroxylation sites is 1. The Morgan fingerprint density at radius 2 is 1.92 bits per heavy atom. The number of aliphatic hydroxyl groups is 1. The second-order valence-electron chi connectivity index (χ2n) is 5.56. The van der Waals surface area contributed by atoms with E-state index in [1.54, 1.807) is 7.11 Å². The fraction of sp³-hybridized carbons (Fsp3) is 0.211. The van der Waals surface area contributed by atoms with E-state index < -0.39 is 0 Å². The molecule has 0 saturated heterocycles. The molecule has 0 atom stereocenters. The molecule has 24 heavy (non-hydrogen) atoms. The highest BCUT2D eigenvalue weighted by atomic mass is 16.5. The molecule has 0 bridgehead atoms. The molecule has 5 nitrogen and oxygen atoms in total. The number of benzene rings is 2. The highest BCUT2D eigenvalue weighted by Crippen LogP contribution is 2.23. The van der Waals surface area contributed by atoms with Gasteiger partial charge >= 0.3 is 0 Å². The number of aromatic nitrogens is 2. The van der Waals surface area contributed by atoms with Gasteiger partial charge in [0.25, 0.3) is 0 Å². The van der Waals surface area contributed by atoms with Gasteiger partial charge in [-0.05, 0) is 37.3 Å². The van der Waals surface area contributed by atoms with Gasteiger partial charge in [0.1, 0.15) is 5.75 Å². The van der Waals surface area contributed by atoms with Crippen molar-refractivity contribution in [3.63, 3.8) is 0 Å². The first-order chi connectivity index (χ1) is 11.7. The molecule has 5 heteroatoms. The van der Waals surface area contributed by atoms with Gasteiger partial charge in [0.15, 0.2) is 0 Å². The summed E-state index contributed by atoms with van der Waals surface area (Å²) in [6.45, 7) is 2.61. The SMILES string of the molecule is COc1ccc(NCc2cn(-c3ccccc3)nc2C)cc1CO. The summed E-state index contributed by atoms with van der Waals surface area (Å²) < 4.78 is 7.11. The average Bonchev–Trinajstić information content (AvgIpc) is 3.01. The zero-order chi connectivity index (χ0) is 16.9. The highest BCUT2D eigenvalue weighted by Gasteiger charge is 2.07. The fourth-order valence-electron chi connectivity index (χ4n) is 2.59. The quantitative estimate of drug-likeness (QED) is 0.731. The maximum absolute atomic E-state index is 9.41. The van der Waals surface area contributed by atoms with Crippen LogP contribution in [0.3, 0.4) is 0 Å². The molecule has 0 spiro atoms. The molecule has 0 aliphatic heterocycles. The Kier molecular flexibility index (Phi) is 4.82. The molecule has 0 unspecified atom stereocenters. The van der Waals surface area contributed by atoms with E-state index in [2.05, 4.69) is 10.4 Å². The van der Waals surface area contributed by atoms with Gasteiger partial charge in [0, 0.05) is 29.6 Å². The number of hydrogen-bond donors (Lipinski definition) is 2. The van der Waals surface area contributed by atoms with Crippen LogP contribution in [-0.4, -0.2) is 22.0 Å². The monoisotopic (exact) mass is 323 g/mol. The summed E-state index contributed by atoms with van der Waals surface area (Å²) in [5.41, 5.74) is 4.85. The van der Waals surface area contributed by atoms with Gasteiger partial charge < -0.3 is 15.2 Å². The molecule has 2 aromatic carbocycles. The van der Waals surface area contributed by atoms with Gasteiger partial charge in [-0.2, -0.15) is 5.10 Å². The van der Waals surface area contributed by atoms with Crippen LogP contribution in [0.15, 0.2) is 54.7 Å². The molecule has 0 fully saturated rings. The van der Waals surface area contributed by atoms with Gasteiger partial charge in [-0.25, -0.2) is 4.68 Å². The summed E-state index contributed by atoms with van der Waals surface area (Å²) in [5, 5.41) is 17.4. The summed E-state index contributed by atoms with van der Waals surface area (Å²) in [5.74, 6) is 0.691. The summed E-state index contributed by atoms with van der Waals surface area (Å²) >= 11 is 0. The van der Waals surface area contributed by atoms with Crippen molar-refractivity contribution in [1.29, 1.82) is 0 Å². The predicted octanol–water partition coefficient (Wildman–Crippen LogP) is 3.29. The highest BCUT2D eigenvalue weighted by molar-refractivity contribution is 5.51. The van der Waals surface area contributed by atoms with Crippen LogP contribution < -0.4 is 10.1 Å². The minimum atomic E-state index is -0.0519. The number of aryl methyl sites for hydroxylation is 1. The zero-order valence-corrected chi connectivity index (χ0v) is 13.9. The molecule has 0 aliphatic rings. The second-order valence-corrected chi connectivity index (χ2v) is 5.56. The van der Waals surface area contributed by atoms with Crippen molar-refractivity contribution < 1.29 is 9.84 Å². The average molecular weight is 323 g/mol. The molecule has 2 N–H and O–H groups in total. The molecule has 3 aromatic rings. The van der Waals surface area contributed by atoms with E-state index >= 15 is 0 Å². The Balaban J connectivity index is 1.74. The number of nitrogens with one attached hydrogen (secondary N) is 1. The largest absolute Gasteiger partial charge is 0.496 e. The third kappa shape index (κ3) is 3.41. The van der Waals surface area contributed by atoms with Crippen molar-refractivity contribution in [1.82, 2.24) is 9.78 Å². The fourth-order valence-corrected chi connectivity index (χ4v) is 2.59. The van der Waals surface area contributed by atoms with Crippen molar-refractivity contribution in [3.8, 4) is 11.4 Å². The van der Waals surface area contributed by atoms with Crippen molar-refractivity contribution in [3.05, 3.63) is 71.5 Å². The van der Waals surface area contributed by atoms with Crippen LogP contribution in [0.4, 0.5) is 5.69 Å². The van der Waals surface area contributed by atoms with Gasteiger partial charge in [-0.3, -0.25) is 0 Å². The molecule has 0 amide bonds. The smallest absolute Gasteiger partial charge is 0.124 e. The summed E-state index contributed by atoms with van der Waals surface area (Å²) in [7, 11) is 1.60. The topological polar surface area (TPSA) is 59.3 Å². The van der Waals surface area contributed by atoms with Gasteiger partial charge in [-0.15, -0.1) is 0 Å². The summed E-state index contributed by atoms with van der Waals surface area (Å²) in [4.78, 5) is 0. The van der Waals surface area contributed by atoms with E-state index in [4.69, 9.17) is 4.74 Å². The van der Waals surface area contributed by atoms with Crippen LogP contribution in [0.25, 0.3) is 5.69 Å². The molecule has 1 aromatic heterocycles. The van der Waals surface area contributed by atoms with Crippen molar-refractivity contribution in [2.24, 2.45) is 0 Å². The Bertz CT molecular complexity index is 813. The zero-order valence-electron chi connectivity index (χ0n) is 13.9. The Morgan fingerprint density at radius 3 is 2.62 bits per heavy atom. The maximum Gasteiger partial charge on any atom is 0.124 e. The number of ether oxygens (including phenoxy) is 1. The normalized spacial score (nSPS) is 10.6. The van der Waals surface area contributed by atoms with E-state index in [1.165, 1.54) is 0 Å². The van der Waals surface area contributed by atoms with Crippen LogP contribution in [0.1, 0.15) is 16.8 Å². The van der Waals surface area contributed by atoms with Crippen LogP contribution >= 0.6 is 0 Å². The van der Waals surface area contributed by atoms with E-state index in [1.807, 2.05) is 66.3 Å². The lowest BCUT2D eigenvalue weighted by atomic mass is 10.1. The van der Waals surface area contributed by atoms with E-state index in [9.17, 15) is 5.11 Å². The van der Waals surface area contributed by atoms with Crippen molar-refractivity contribution >= 4 is 5.69 Å². The molecule has 0 radical (unpaired) electrons. The molecule has 0 aliphatic carbocycles. The molecule has 124 valence electrons. The number of nitrogens with zero attached hydrogens (tertiary/aromatic N) is 2. The minimum Gasteiger partial charge on any atom is -0.496 e. The van der Waals surface area contributed by atoms with E-state index in [0.29, 0.717) is 12.3 Å². The van der Waals surface area contributed by atoms with Crippen LogP contribution in [0.5, 0.6) is 5.75 Å². The Hall–Kier alpha value is -2.79. The van der Waals surface area contributed by atoms with Crippen molar-refractivity contribution in [2.45, 2.75) is 20.1 Å². The van der Waals surface area contributed by atoms with Gasteiger partial charge in [-0.1, -0.05) is 18.2 Å². The number of anilines is 1. The summed E-state index contributed by atoms with van der Waals surface area (Å²) in [6.07, 6.45) is 2.04. The molecule has 0 saturated carbocycles. The third-order valence-electron chi connectivity index (χ3n) is 3.96. The molecule has 1 heterocycles. The van der Waals surface area contributed by atoms with E-state index in [-0.39, 0.29) is 6.61 Å². The Labute approximate surface area is 141 Å². The minimum absolute atomic E-state index is 0.0519. The Morgan fingerprint density at radius 1 is 1.12 bits per heavy atom. The second kappa shape index (κ2) is 7.19. The lowest BCUT2D eigenvalue weighted by Crippen LogP contribution is -2.01. The number of methoxy groups -OCH3 is 1. The lowest BCUT2D eigenvalue weighted by Gasteiger charge is -2.10. The number of hydrogen-bond acceptors (Lipinski definition) is 4. The third-order valence-corrected chi connectivity index (χ3v) is 3.96. The molecule has 3 rings (SSSR count). The first-order valence-electron chi connectivity index (χ1n) is 7.83. The molecular formula is C19H21N3O2. The lowest BCUT2D eigenvalue weighted by molar-refractivity contribution is 0.274. The van der Waals surface area contributed by atoms with Crippen LogP contribution in [0, 0.1) is 6.92 Å². The first kappa shape index (κ1) is 16.1. The standard InChI is InChI=1S/C19H21N3O2/c1-14-16(12-22(21-14)18-6-4-3-5-7-18)11-20-17-8-9-19(24-2)15(10-17)13-23/h3-10,12,20,23H,11,13H2,1-2H3. The van der Waals surface area contributed by atoms with Crippen molar-refractivity contribution in [2.75, 3.05) is 12.4 Å².